The van der Waals surface area contributed by atoms with Gasteiger partial charge in [-0.1, -0.05) is 17.7 Å². The first kappa shape index (κ1) is 18.0. The molecule has 0 saturated heterocycles. The Labute approximate surface area is 146 Å². The van der Waals surface area contributed by atoms with E-state index in [1.807, 2.05) is 0 Å². The second kappa shape index (κ2) is 6.29. The van der Waals surface area contributed by atoms with Crippen LogP contribution in [0.5, 0.6) is 5.75 Å². The number of primary sulfonamides is 1. The molecule has 0 fully saturated rings. The summed E-state index contributed by atoms with van der Waals surface area (Å²) in [7, 11) is -4.12. The predicted octanol–water partition coefficient (Wildman–Crippen LogP) is 2.03. The molecule has 12 heteroatoms. The summed E-state index contributed by atoms with van der Waals surface area (Å²) in [6.07, 6.45) is 3.83. The SMILES string of the molecule is CC1(Cl)CC=CC(NC(=O)Nc2nsc(S(N)(=O)=O)c2O)=C1Cl. The minimum absolute atomic E-state index is 0.254. The first-order valence-corrected chi connectivity index (χ1v) is 9.15. The number of nitrogens with two attached hydrogens (primary N) is 1. The Bertz CT molecular complexity index is 814. The number of aromatic hydroxyl groups is 1. The Hall–Kier alpha value is -1.33. The van der Waals surface area contributed by atoms with E-state index in [0.29, 0.717) is 18.0 Å². The molecular weight excluding hydrogens is 387 g/mol. The number of alkyl halides is 1. The number of nitrogens with zero attached hydrogens (tertiary/aromatic N) is 1. The van der Waals surface area contributed by atoms with E-state index in [0.717, 1.165) is 0 Å². The van der Waals surface area contributed by atoms with Crippen LogP contribution in [0.3, 0.4) is 0 Å². The first-order chi connectivity index (χ1) is 10.5. The second-order valence-electron chi connectivity index (χ2n) is 4.82. The standard InChI is InChI=1S/C11H12Cl2N4O4S2/c1-11(13)4-2-3-5(7(11)12)15-10(19)16-8-6(18)9(22-17-8)23(14,20)21/h2-3,18H,4H2,1H3,(H2,14,20,21)(H2,15,16,17,19). The van der Waals surface area contributed by atoms with E-state index in [-0.39, 0.29) is 16.5 Å². The van der Waals surface area contributed by atoms with Crippen molar-refractivity contribution in [3.05, 3.63) is 22.9 Å². The number of amides is 2. The van der Waals surface area contributed by atoms with Crippen LogP contribution < -0.4 is 15.8 Å². The van der Waals surface area contributed by atoms with Gasteiger partial charge in [-0.25, -0.2) is 18.4 Å². The van der Waals surface area contributed by atoms with Crippen molar-refractivity contribution < 1.29 is 18.3 Å². The Morgan fingerprint density at radius 1 is 1.52 bits per heavy atom. The zero-order valence-electron chi connectivity index (χ0n) is 11.6. The van der Waals surface area contributed by atoms with E-state index >= 15 is 0 Å². The molecule has 5 N–H and O–H groups in total. The van der Waals surface area contributed by atoms with Gasteiger partial charge in [0.1, 0.15) is 0 Å². The monoisotopic (exact) mass is 398 g/mol. The fourth-order valence-corrected chi connectivity index (χ4v) is 3.50. The highest BCUT2D eigenvalue weighted by Gasteiger charge is 2.30. The van der Waals surface area contributed by atoms with Crippen LogP contribution in [-0.4, -0.2) is 28.8 Å². The number of rotatable bonds is 3. The molecule has 0 saturated carbocycles. The average molecular weight is 399 g/mol. The summed E-state index contributed by atoms with van der Waals surface area (Å²) in [6, 6.07) is -0.779. The van der Waals surface area contributed by atoms with Crippen LogP contribution in [0.2, 0.25) is 0 Å². The fraction of sp³-hybridized carbons (Fsp3) is 0.273. The minimum atomic E-state index is -4.12. The molecule has 1 aromatic rings. The molecule has 23 heavy (non-hydrogen) atoms. The van der Waals surface area contributed by atoms with Crippen LogP contribution in [0.15, 0.2) is 27.1 Å². The molecule has 0 aromatic carbocycles. The van der Waals surface area contributed by atoms with E-state index in [1.54, 1.807) is 19.1 Å². The predicted molar refractivity (Wildman–Crippen MR) is 88.2 cm³/mol. The maximum absolute atomic E-state index is 11.9. The summed E-state index contributed by atoms with van der Waals surface area (Å²) in [4.78, 5) is 11.1. The van der Waals surface area contributed by atoms with Gasteiger partial charge in [-0.2, -0.15) is 4.37 Å². The molecule has 1 aromatic heterocycles. The molecule has 2 amide bonds. The third-order valence-corrected chi connectivity index (χ3v) is 6.18. The van der Waals surface area contributed by atoms with Gasteiger partial charge in [0, 0.05) is 0 Å². The number of allylic oxidation sites excluding steroid dienone is 3. The molecule has 0 bridgehead atoms. The summed E-state index contributed by atoms with van der Waals surface area (Å²) in [6.45, 7) is 1.70. The topological polar surface area (TPSA) is 134 Å². The summed E-state index contributed by atoms with van der Waals surface area (Å²) in [5.74, 6) is -1.06. The van der Waals surface area contributed by atoms with Crippen LogP contribution >= 0.6 is 34.7 Å². The molecule has 1 unspecified atom stereocenters. The van der Waals surface area contributed by atoms with Gasteiger partial charge < -0.3 is 10.4 Å². The van der Waals surface area contributed by atoms with Crippen molar-refractivity contribution in [1.82, 2.24) is 9.69 Å². The normalized spacial score (nSPS) is 21.4. The maximum Gasteiger partial charge on any atom is 0.325 e. The van der Waals surface area contributed by atoms with Crippen LogP contribution in [0.25, 0.3) is 0 Å². The molecule has 1 heterocycles. The molecule has 0 aliphatic heterocycles. The Morgan fingerprint density at radius 3 is 2.74 bits per heavy atom. The Balaban J connectivity index is 2.16. The van der Waals surface area contributed by atoms with E-state index < -0.39 is 30.9 Å². The summed E-state index contributed by atoms with van der Waals surface area (Å²) in [5.41, 5.74) is 0.286. The molecule has 1 aliphatic carbocycles. The van der Waals surface area contributed by atoms with E-state index in [2.05, 4.69) is 15.0 Å². The van der Waals surface area contributed by atoms with Crippen molar-refractivity contribution in [2.24, 2.45) is 5.14 Å². The van der Waals surface area contributed by atoms with Crippen molar-refractivity contribution >= 4 is 56.6 Å². The van der Waals surface area contributed by atoms with Gasteiger partial charge in [-0.05, 0) is 31.0 Å². The number of aromatic nitrogens is 1. The lowest BCUT2D eigenvalue weighted by Crippen LogP contribution is -2.32. The number of halogens is 2. The van der Waals surface area contributed by atoms with Crippen LogP contribution in [-0.2, 0) is 10.0 Å². The number of anilines is 1. The molecule has 8 nitrogen and oxygen atoms in total. The van der Waals surface area contributed by atoms with Gasteiger partial charge in [0.05, 0.1) is 15.6 Å². The van der Waals surface area contributed by atoms with Crippen molar-refractivity contribution in [3.63, 3.8) is 0 Å². The van der Waals surface area contributed by atoms with Crippen LogP contribution in [0.1, 0.15) is 13.3 Å². The third-order valence-electron chi connectivity index (χ3n) is 2.86. The highest BCUT2D eigenvalue weighted by Crippen LogP contribution is 2.37. The van der Waals surface area contributed by atoms with E-state index in [1.165, 1.54) is 0 Å². The number of nitrogens with one attached hydrogen (secondary N) is 2. The Kier molecular flexibility index (Phi) is 4.92. The molecule has 126 valence electrons. The molecule has 0 radical (unpaired) electrons. The lowest BCUT2D eigenvalue weighted by atomic mass is 10.00. The number of carbonyl (C=O) groups excluding carboxylic acids is 1. The van der Waals surface area contributed by atoms with Gasteiger partial charge in [0.15, 0.2) is 15.8 Å². The average Bonchev–Trinajstić information content (AvgIpc) is 2.76. The highest BCUT2D eigenvalue weighted by atomic mass is 35.5. The van der Waals surface area contributed by atoms with Crippen LogP contribution in [0.4, 0.5) is 10.6 Å². The molecule has 0 spiro atoms. The van der Waals surface area contributed by atoms with Crippen molar-refractivity contribution in [3.8, 4) is 5.75 Å². The summed E-state index contributed by atoms with van der Waals surface area (Å²) in [5, 5.41) is 19.5. The van der Waals surface area contributed by atoms with Gasteiger partial charge in [0.2, 0.25) is 0 Å². The fourth-order valence-electron chi connectivity index (χ4n) is 1.74. The summed E-state index contributed by atoms with van der Waals surface area (Å²) < 4.78 is 25.5. The van der Waals surface area contributed by atoms with Gasteiger partial charge in [0.25, 0.3) is 10.0 Å². The van der Waals surface area contributed by atoms with Crippen molar-refractivity contribution in [2.45, 2.75) is 22.4 Å². The number of hydrogen-bond donors (Lipinski definition) is 4. The molecule has 1 aliphatic rings. The number of sulfonamides is 1. The van der Waals surface area contributed by atoms with Gasteiger partial charge >= 0.3 is 6.03 Å². The summed E-state index contributed by atoms with van der Waals surface area (Å²) >= 11 is 12.8. The van der Waals surface area contributed by atoms with Crippen molar-refractivity contribution in [1.29, 1.82) is 0 Å². The highest BCUT2D eigenvalue weighted by molar-refractivity contribution is 7.91. The zero-order valence-corrected chi connectivity index (χ0v) is 14.8. The second-order valence-corrected chi connectivity index (χ2v) is 8.57. The Morgan fingerprint density at radius 2 is 2.17 bits per heavy atom. The van der Waals surface area contributed by atoms with Crippen LogP contribution in [0, 0.1) is 0 Å². The lowest BCUT2D eigenvalue weighted by molar-refractivity contribution is 0.254. The van der Waals surface area contributed by atoms with E-state index in [4.69, 9.17) is 28.3 Å². The lowest BCUT2D eigenvalue weighted by Gasteiger charge is -2.25. The van der Waals surface area contributed by atoms with E-state index in [9.17, 15) is 18.3 Å². The maximum atomic E-state index is 11.9. The third kappa shape index (κ3) is 3.96. The van der Waals surface area contributed by atoms with Gasteiger partial charge in [-0.15, -0.1) is 11.6 Å². The quantitative estimate of drug-likeness (QED) is 0.577. The van der Waals surface area contributed by atoms with Crippen molar-refractivity contribution in [2.75, 3.05) is 5.32 Å². The number of carbonyl (C=O) groups is 1. The minimum Gasteiger partial charge on any atom is -0.503 e. The van der Waals surface area contributed by atoms with Gasteiger partial charge in [-0.3, -0.25) is 5.32 Å². The zero-order chi connectivity index (χ0) is 17.4. The number of urea groups is 1. The molecule has 1 atom stereocenters. The smallest absolute Gasteiger partial charge is 0.325 e. The first-order valence-electron chi connectivity index (χ1n) is 6.07. The molecule has 2 rings (SSSR count). The molecular formula is C11H12Cl2N4O4S2. The largest absolute Gasteiger partial charge is 0.503 e. The number of hydrogen-bond acceptors (Lipinski definition) is 6.